The molecule has 0 radical (unpaired) electrons. The van der Waals surface area contributed by atoms with Crippen LogP contribution in [-0.2, 0) is 7.05 Å². The van der Waals surface area contributed by atoms with Crippen molar-refractivity contribution in [2.45, 2.75) is 32.7 Å². The average molecular weight is 307 g/mol. The number of hydrogen-bond acceptors (Lipinski definition) is 4. The van der Waals surface area contributed by atoms with Gasteiger partial charge in [0.05, 0.1) is 22.8 Å². The van der Waals surface area contributed by atoms with Gasteiger partial charge in [-0.15, -0.1) is 11.3 Å². The summed E-state index contributed by atoms with van der Waals surface area (Å²) in [5, 5.41) is 15.3. The van der Waals surface area contributed by atoms with E-state index < -0.39 is 5.54 Å². The molecular formula is C15H21N3O2S. The largest absolute Gasteiger partial charge is 0.394 e. The fourth-order valence-corrected chi connectivity index (χ4v) is 2.63. The van der Waals surface area contributed by atoms with Gasteiger partial charge in [-0.3, -0.25) is 4.79 Å². The van der Waals surface area contributed by atoms with Crippen LogP contribution in [0.1, 0.15) is 35.8 Å². The van der Waals surface area contributed by atoms with E-state index in [0.29, 0.717) is 12.1 Å². The van der Waals surface area contributed by atoms with Crippen LogP contribution >= 0.6 is 11.3 Å². The number of rotatable bonds is 5. The number of aliphatic hydroxyl groups excluding tert-OH is 1. The van der Waals surface area contributed by atoms with Gasteiger partial charge in [0.15, 0.2) is 0 Å². The first-order valence-electron chi connectivity index (χ1n) is 6.91. The van der Waals surface area contributed by atoms with Crippen LogP contribution in [0, 0.1) is 6.92 Å². The number of nitrogens with one attached hydrogen (secondary N) is 1. The summed E-state index contributed by atoms with van der Waals surface area (Å²) >= 11 is 1.59. The van der Waals surface area contributed by atoms with Gasteiger partial charge >= 0.3 is 0 Å². The SMILES string of the molecule is CCC(C)(CO)NC(=O)c1cc(-c2csc(C)n2)cn1C. The van der Waals surface area contributed by atoms with Crippen LogP contribution in [0.15, 0.2) is 17.6 Å². The molecular weight excluding hydrogens is 286 g/mol. The lowest BCUT2D eigenvalue weighted by atomic mass is 10.00. The monoisotopic (exact) mass is 307 g/mol. The third kappa shape index (κ3) is 3.33. The summed E-state index contributed by atoms with van der Waals surface area (Å²) in [5.74, 6) is -0.186. The Labute approximate surface area is 128 Å². The Bertz CT molecular complexity index is 641. The maximum Gasteiger partial charge on any atom is 0.268 e. The van der Waals surface area contributed by atoms with Crippen molar-refractivity contribution in [3.63, 3.8) is 0 Å². The zero-order chi connectivity index (χ0) is 15.6. The van der Waals surface area contributed by atoms with Crippen LogP contribution in [-0.4, -0.2) is 32.7 Å². The van der Waals surface area contributed by atoms with Gasteiger partial charge in [-0.2, -0.15) is 0 Å². The third-order valence-corrected chi connectivity index (χ3v) is 4.47. The van der Waals surface area contributed by atoms with Crippen molar-refractivity contribution >= 4 is 17.2 Å². The van der Waals surface area contributed by atoms with E-state index >= 15 is 0 Å². The van der Waals surface area contributed by atoms with Crippen molar-refractivity contribution in [3.8, 4) is 11.3 Å². The molecule has 2 N–H and O–H groups in total. The number of amides is 1. The highest BCUT2D eigenvalue weighted by Crippen LogP contribution is 2.24. The maximum atomic E-state index is 12.4. The molecule has 0 bridgehead atoms. The van der Waals surface area contributed by atoms with Gasteiger partial charge in [0.1, 0.15) is 5.69 Å². The van der Waals surface area contributed by atoms with Crippen molar-refractivity contribution in [1.82, 2.24) is 14.9 Å². The van der Waals surface area contributed by atoms with Crippen LogP contribution < -0.4 is 5.32 Å². The van der Waals surface area contributed by atoms with E-state index in [1.54, 1.807) is 15.9 Å². The number of aromatic nitrogens is 2. The van der Waals surface area contributed by atoms with E-state index in [1.807, 2.05) is 45.5 Å². The van der Waals surface area contributed by atoms with Crippen molar-refractivity contribution < 1.29 is 9.90 Å². The zero-order valence-electron chi connectivity index (χ0n) is 12.8. The summed E-state index contributed by atoms with van der Waals surface area (Å²) in [5.41, 5.74) is 1.77. The molecule has 0 aliphatic rings. The lowest BCUT2D eigenvalue weighted by molar-refractivity contribution is 0.0839. The molecule has 1 unspecified atom stereocenters. The summed E-state index contributed by atoms with van der Waals surface area (Å²) in [6.45, 7) is 5.64. The molecule has 1 amide bonds. The highest BCUT2D eigenvalue weighted by Gasteiger charge is 2.25. The van der Waals surface area contributed by atoms with Crippen LogP contribution in [0.25, 0.3) is 11.3 Å². The summed E-state index contributed by atoms with van der Waals surface area (Å²) < 4.78 is 1.78. The number of thiazole rings is 1. The second-order valence-corrected chi connectivity index (χ2v) is 6.57. The molecule has 114 valence electrons. The second kappa shape index (κ2) is 5.99. The van der Waals surface area contributed by atoms with Crippen LogP contribution in [0.2, 0.25) is 0 Å². The number of hydrogen-bond donors (Lipinski definition) is 2. The molecule has 0 spiro atoms. The Morgan fingerprint density at radius 3 is 2.81 bits per heavy atom. The van der Waals surface area contributed by atoms with Crippen molar-refractivity contribution in [1.29, 1.82) is 0 Å². The Kier molecular flexibility index (Phi) is 4.49. The van der Waals surface area contributed by atoms with E-state index in [2.05, 4.69) is 10.3 Å². The molecule has 2 aromatic rings. The van der Waals surface area contributed by atoms with Crippen LogP contribution in [0.5, 0.6) is 0 Å². The second-order valence-electron chi connectivity index (χ2n) is 5.50. The topological polar surface area (TPSA) is 67.2 Å². The van der Waals surface area contributed by atoms with Gasteiger partial charge in [0, 0.05) is 24.2 Å². The number of nitrogens with zero attached hydrogens (tertiary/aromatic N) is 2. The normalized spacial score (nSPS) is 14.0. The number of aryl methyl sites for hydroxylation is 2. The standard InChI is InChI=1S/C15H21N3O2S/c1-5-15(3,9-19)17-14(20)13-6-11(7-18(13)4)12-8-21-10(2)16-12/h6-8,19H,5,9H2,1-4H3,(H,17,20). The van der Waals surface area contributed by atoms with Crippen molar-refractivity contribution in [2.24, 2.45) is 7.05 Å². The molecule has 0 aliphatic carbocycles. The summed E-state index contributed by atoms with van der Waals surface area (Å²) in [6.07, 6.45) is 2.56. The predicted molar refractivity (Wildman–Crippen MR) is 84.5 cm³/mol. The fraction of sp³-hybridized carbons (Fsp3) is 0.467. The molecule has 2 aromatic heterocycles. The number of carbonyl (C=O) groups excluding carboxylic acids is 1. The quantitative estimate of drug-likeness (QED) is 0.891. The number of carbonyl (C=O) groups is 1. The van der Waals surface area contributed by atoms with Gasteiger partial charge in [-0.05, 0) is 26.3 Å². The zero-order valence-corrected chi connectivity index (χ0v) is 13.6. The van der Waals surface area contributed by atoms with Gasteiger partial charge in [-0.25, -0.2) is 4.98 Å². The van der Waals surface area contributed by atoms with E-state index in [9.17, 15) is 9.90 Å². The molecule has 2 rings (SSSR count). The summed E-state index contributed by atoms with van der Waals surface area (Å²) in [4.78, 5) is 16.8. The Morgan fingerprint density at radius 1 is 1.57 bits per heavy atom. The smallest absolute Gasteiger partial charge is 0.268 e. The molecule has 0 saturated heterocycles. The first-order chi connectivity index (χ1) is 9.88. The van der Waals surface area contributed by atoms with Gasteiger partial charge < -0.3 is 15.0 Å². The highest BCUT2D eigenvalue weighted by molar-refractivity contribution is 7.09. The minimum Gasteiger partial charge on any atom is -0.394 e. The maximum absolute atomic E-state index is 12.4. The Morgan fingerprint density at radius 2 is 2.29 bits per heavy atom. The molecule has 5 nitrogen and oxygen atoms in total. The van der Waals surface area contributed by atoms with Crippen molar-refractivity contribution in [2.75, 3.05) is 6.61 Å². The first kappa shape index (κ1) is 15.7. The van der Waals surface area contributed by atoms with Gasteiger partial charge in [0.2, 0.25) is 0 Å². The minimum absolute atomic E-state index is 0.0855. The average Bonchev–Trinajstić information content (AvgIpc) is 3.04. The van der Waals surface area contributed by atoms with E-state index in [1.165, 1.54) is 0 Å². The summed E-state index contributed by atoms with van der Waals surface area (Å²) in [6, 6.07) is 1.83. The molecule has 0 saturated carbocycles. The Balaban J connectivity index is 2.25. The first-order valence-corrected chi connectivity index (χ1v) is 7.78. The van der Waals surface area contributed by atoms with Gasteiger partial charge in [-0.1, -0.05) is 6.92 Å². The molecule has 21 heavy (non-hydrogen) atoms. The summed E-state index contributed by atoms with van der Waals surface area (Å²) in [7, 11) is 1.83. The molecule has 2 heterocycles. The lowest BCUT2D eigenvalue weighted by Crippen LogP contribution is -2.48. The van der Waals surface area contributed by atoms with Gasteiger partial charge in [0.25, 0.3) is 5.91 Å². The predicted octanol–water partition coefficient (Wildman–Crippen LogP) is 2.35. The number of aliphatic hydroxyl groups is 1. The third-order valence-electron chi connectivity index (χ3n) is 3.70. The van der Waals surface area contributed by atoms with E-state index in [4.69, 9.17) is 0 Å². The van der Waals surface area contributed by atoms with Crippen LogP contribution in [0.3, 0.4) is 0 Å². The minimum atomic E-state index is -0.598. The molecule has 0 aromatic carbocycles. The lowest BCUT2D eigenvalue weighted by Gasteiger charge is -2.27. The Hall–Kier alpha value is -1.66. The highest BCUT2D eigenvalue weighted by atomic mass is 32.1. The molecule has 0 fully saturated rings. The van der Waals surface area contributed by atoms with Crippen molar-refractivity contribution in [3.05, 3.63) is 28.3 Å². The van der Waals surface area contributed by atoms with E-state index in [0.717, 1.165) is 16.3 Å². The fourth-order valence-electron chi connectivity index (χ4n) is 2.00. The van der Waals surface area contributed by atoms with E-state index in [-0.39, 0.29) is 12.5 Å². The molecule has 6 heteroatoms. The van der Waals surface area contributed by atoms with Crippen LogP contribution in [0.4, 0.5) is 0 Å². The molecule has 0 aliphatic heterocycles. The molecule has 1 atom stereocenters.